The maximum atomic E-state index is 4.48. The largest absolute Gasteiger partial charge is 0.294 e. The van der Waals surface area contributed by atoms with E-state index in [0.717, 1.165) is 31.7 Å². The van der Waals surface area contributed by atoms with Gasteiger partial charge in [0.05, 0.1) is 6.54 Å². The summed E-state index contributed by atoms with van der Waals surface area (Å²) in [5.41, 5.74) is 2.04. The number of tetrazole rings is 1. The second-order valence-electron chi connectivity index (χ2n) is 6.00. The first-order chi connectivity index (χ1) is 11.9. The quantitative estimate of drug-likeness (QED) is 0.713. The van der Waals surface area contributed by atoms with Gasteiger partial charge in [0.2, 0.25) is 5.82 Å². The summed E-state index contributed by atoms with van der Waals surface area (Å²) in [6, 6.07) is 10.3. The lowest BCUT2D eigenvalue weighted by Gasteiger charge is -2.23. The fraction of sp³-hybridized carbons (Fsp3) is 0.353. The van der Waals surface area contributed by atoms with Gasteiger partial charge >= 0.3 is 0 Å². The third kappa shape index (κ3) is 3.30. The van der Waals surface area contributed by atoms with Crippen LogP contribution in [0.3, 0.4) is 0 Å². The van der Waals surface area contributed by atoms with Crippen LogP contribution in [0.4, 0.5) is 0 Å². The average molecular weight is 321 g/mol. The van der Waals surface area contributed by atoms with E-state index in [2.05, 4.69) is 42.4 Å². The van der Waals surface area contributed by atoms with Gasteiger partial charge in [-0.15, -0.1) is 10.2 Å². The van der Waals surface area contributed by atoms with Crippen LogP contribution in [-0.2, 0) is 13.1 Å². The second-order valence-corrected chi connectivity index (χ2v) is 6.00. The molecule has 0 bridgehead atoms. The fourth-order valence-electron chi connectivity index (χ4n) is 3.14. The summed E-state index contributed by atoms with van der Waals surface area (Å²) in [6.07, 6.45) is 7.80. The first kappa shape index (κ1) is 14.9. The molecule has 1 aliphatic rings. The molecule has 1 saturated heterocycles. The molecule has 0 radical (unpaired) electrons. The van der Waals surface area contributed by atoms with Crippen LogP contribution in [0.1, 0.15) is 18.4 Å². The van der Waals surface area contributed by atoms with Crippen LogP contribution in [0.15, 0.2) is 48.9 Å². The summed E-state index contributed by atoms with van der Waals surface area (Å²) in [4.78, 5) is 12.5. The van der Waals surface area contributed by atoms with Gasteiger partial charge in [-0.3, -0.25) is 14.9 Å². The van der Waals surface area contributed by atoms with Crippen molar-refractivity contribution in [2.24, 2.45) is 0 Å². The Kier molecular flexibility index (Phi) is 4.24. The summed E-state index contributed by atoms with van der Waals surface area (Å²) in [7, 11) is 0. The molecule has 1 fully saturated rings. The zero-order chi connectivity index (χ0) is 16.2. The molecule has 3 aromatic heterocycles. The highest BCUT2D eigenvalue weighted by Crippen LogP contribution is 2.21. The van der Waals surface area contributed by atoms with Crippen LogP contribution in [0, 0.1) is 0 Å². The van der Waals surface area contributed by atoms with E-state index in [0.29, 0.717) is 11.9 Å². The Balaban J connectivity index is 1.44. The van der Waals surface area contributed by atoms with Gasteiger partial charge in [0.25, 0.3) is 0 Å². The molecule has 1 atom stereocenters. The van der Waals surface area contributed by atoms with E-state index in [9.17, 15) is 0 Å². The highest BCUT2D eigenvalue weighted by Gasteiger charge is 2.25. The van der Waals surface area contributed by atoms with E-state index in [-0.39, 0.29) is 0 Å². The first-order valence-electron chi connectivity index (χ1n) is 8.21. The molecule has 0 aliphatic carbocycles. The van der Waals surface area contributed by atoms with Crippen LogP contribution in [-0.4, -0.2) is 47.7 Å². The number of rotatable bonds is 5. The molecule has 4 rings (SSSR count). The van der Waals surface area contributed by atoms with E-state index in [4.69, 9.17) is 0 Å². The van der Waals surface area contributed by atoms with Crippen molar-refractivity contribution in [2.45, 2.75) is 32.0 Å². The van der Waals surface area contributed by atoms with E-state index >= 15 is 0 Å². The molecule has 4 heterocycles. The smallest absolute Gasteiger partial charge is 0.223 e. The van der Waals surface area contributed by atoms with Crippen molar-refractivity contribution in [1.82, 2.24) is 35.1 Å². The topological polar surface area (TPSA) is 72.6 Å². The zero-order valence-corrected chi connectivity index (χ0v) is 13.4. The van der Waals surface area contributed by atoms with Crippen LogP contribution in [0.5, 0.6) is 0 Å². The van der Waals surface area contributed by atoms with Gasteiger partial charge in [-0.1, -0.05) is 6.07 Å². The van der Waals surface area contributed by atoms with E-state index in [1.54, 1.807) is 11.0 Å². The molecule has 0 saturated carbocycles. The normalized spacial score (nSPS) is 18.1. The van der Waals surface area contributed by atoms with Crippen LogP contribution in [0.25, 0.3) is 11.5 Å². The van der Waals surface area contributed by atoms with Gasteiger partial charge in [0.15, 0.2) is 0 Å². The minimum Gasteiger partial charge on any atom is -0.294 e. The SMILES string of the molecule is c1ccc(-c2nnn(C[C@@H]3CCCN3Cc3ccncc3)n2)nc1. The summed E-state index contributed by atoms with van der Waals surface area (Å²) >= 11 is 0. The number of hydrogen-bond donors (Lipinski definition) is 0. The minimum absolute atomic E-state index is 0.434. The van der Waals surface area contributed by atoms with Crippen molar-refractivity contribution in [3.05, 3.63) is 54.5 Å². The Morgan fingerprint density at radius 1 is 1.08 bits per heavy atom. The third-order valence-electron chi connectivity index (χ3n) is 4.35. The number of aromatic nitrogens is 6. The van der Waals surface area contributed by atoms with Crippen LogP contribution < -0.4 is 0 Å². The Labute approximate surface area is 140 Å². The number of likely N-dealkylation sites (tertiary alicyclic amines) is 1. The number of pyridine rings is 2. The molecular weight excluding hydrogens is 302 g/mol. The molecule has 0 aromatic carbocycles. The maximum Gasteiger partial charge on any atom is 0.223 e. The number of hydrogen-bond acceptors (Lipinski definition) is 6. The van der Waals surface area contributed by atoms with Crippen molar-refractivity contribution >= 4 is 0 Å². The molecule has 24 heavy (non-hydrogen) atoms. The van der Waals surface area contributed by atoms with Crippen molar-refractivity contribution in [3.63, 3.8) is 0 Å². The van der Waals surface area contributed by atoms with Crippen LogP contribution in [0.2, 0.25) is 0 Å². The standard InChI is InChI=1S/C17H19N7/c1-2-8-19-16(5-1)17-20-22-24(21-17)13-15-4-3-11-23(15)12-14-6-9-18-10-7-14/h1-2,5-10,15H,3-4,11-13H2/t15-/m0/s1. The fourth-order valence-corrected chi connectivity index (χ4v) is 3.14. The predicted octanol–water partition coefficient (Wildman–Crippen LogP) is 1.79. The van der Waals surface area contributed by atoms with E-state index in [1.165, 1.54) is 12.0 Å². The number of nitrogens with zero attached hydrogens (tertiary/aromatic N) is 7. The molecule has 0 amide bonds. The summed E-state index contributed by atoms with van der Waals surface area (Å²) in [5.74, 6) is 0.578. The van der Waals surface area contributed by atoms with E-state index < -0.39 is 0 Å². The Bertz CT molecular complexity index is 772. The highest BCUT2D eigenvalue weighted by atomic mass is 15.6. The molecule has 7 heteroatoms. The summed E-state index contributed by atoms with van der Waals surface area (Å²) in [5, 5.41) is 12.8. The Morgan fingerprint density at radius 3 is 2.83 bits per heavy atom. The molecular formula is C17H19N7. The minimum atomic E-state index is 0.434. The van der Waals surface area contributed by atoms with Crippen molar-refractivity contribution in [3.8, 4) is 11.5 Å². The predicted molar refractivity (Wildman–Crippen MR) is 88.7 cm³/mol. The van der Waals surface area contributed by atoms with Crippen LogP contribution >= 0.6 is 0 Å². The first-order valence-corrected chi connectivity index (χ1v) is 8.21. The lowest BCUT2D eigenvalue weighted by atomic mass is 10.2. The molecule has 122 valence electrons. The average Bonchev–Trinajstić information content (AvgIpc) is 3.27. The van der Waals surface area contributed by atoms with Gasteiger partial charge in [-0.05, 0) is 54.4 Å². The highest BCUT2D eigenvalue weighted by molar-refractivity contribution is 5.46. The Morgan fingerprint density at radius 2 is 2.00 bits per heavy atom. The maximum absolute atomic E-state index is 4.48. The van der Waals surface area contributed by atoms with Crippen molar-refractivity contribution < 1.29 is 0 Å². The van der Waals surface area contributed by atoms with Crippen molar-refractivity contribution in [1.29, 1.82) is 0 Å². The zero-order valence-electron chi connectivity index (χ0n) is 13.4. The van der Waals surface area contributed by atoms with Gasteiger partial charge in [-0.25, -0.2) is 0 Å². The molecule has 0 spiro atoms. The lowest BCUT2D eigenvalue weighted by molar-refractivity contribution is 0.211. The van der Waals surface area contributed by atoms with Gasteiger partial charge in [-0.2, -0.15) is 4.80 Å². The monoisotopic (exact) mass is 321 g/mol. The molecule has 7 nitrogen and oxygen atoms in total. The Hall–Kier alpha value is -2.67. The molecule has 3 aromatic rings. The van der Waals surface area contributed by atoms with Gasteiger partial charge in [0.1, 0.15) is 5.69 Å². The van der Waals surface area contributed by atoms with Gasteiger partial charge in [0, 0.05) is 31.2 Å². The van der Waals surface area contributed by atoms with Crippen molar-refractivity contribution in [2.75, 3.05) is 6.54 Å². The lowest BCUT2D eigenvalue weighted by Crippen LogP contribution is -2.33. The molecule has 1 aliphatic heterocycles. The summed E-state index contributed by atoms with van der Waals surface area (Å²) in [6.45, 7) is 2.80. The van der Waals surface area contributed by atoms with E-state index in [1.807, 2.05) is 30.6 Å². The third-order valence-corrected chi connectivity index (χ3v) is 4.35. The second kappa shape index (κ2) is 6.84. The summed E-state index contributed by atoms with van der Waals surface area (Å²) < 4.78 is 0. The van der Waals surface area contributed by atoms with Gasteiger partial charge < -0.3 is 0 Å². The molecule has 0 unspecified atom stereocenters. The molecule has 0 N–H and O–H groups in total.